The van der Waals surface area contributed by atoms with E-state index in [0.29, 0.717) is 0 Å². The lowest BCUT2D eigenvalue weighted by atomic mass is 10.2. The zero-order valence-electron chi connectivity index (χ0n) is 7.33. The molecule has 3 nitrogen and oxygen atoms in total. The van der Waals surface area contributed by atoms with Gasteiger partial charge in [-0.25, -0.2) is 8.42 Å². The molecule has 0 aliphatic carbocycles. The molecule has 0 fully saturated rings. The van der Waals surface area contributed by atoms with Crippen LogP contribution in [0.5, 0.6) is 0 Å². The molecule has 0 saturated carbocycles. The van der Waals surface area contributed by atoms with Crippen LogP contribution in [0.4, 0.5) is 5.69 Å². The van der Waals surface area contributed by atoms with Crippen LogP contribution >= 0.6 is 11.6 Å². The van der Waals surface area contributed by atoms with Crippen molar-refractivity contribution in [3.05, 3.63) is 22.7 Å². The fourth-order valence-electron chi connectivity index (χ4n) is 1.03. The van der Waals surface area contributed by atoms with Crippen LogP contribution < -0.4 is 5.73 Å². The summed E-state index contributed by atoms with van der Waals surface area (Å²) in [7, 11) is -3.29. The number of hydrogen-bond donors (Lipinski definition) is 1. The molecule has 13 heavy (non-hydrogen) atoms. The monoisotopic (exact) mass is 219 g/mol. The maximum atomic E-state index is 11.2. The molecule has 0 amide bonds. The maximum absolute atomic E-state index is 11.2. The summed E-state index contributed by atoms with van der Waals surface area (Å²) in [5.41, 5.74) is 6.42. The molecular weight excluding hydrogens is 210 g/mol. The largest absolute Gasteiger partial charge is 0.396 e. The van der Waals surface area contributed by atoms with Gasteiger partial charge in [0.2, 0.25) is 0 Å². The summed E-state index contributed by atoms with van der Waals surface area (Å²) in [6.45, 7) is 1.76. The Bertz CT molecular complexity index is 440. The number of hydrogen-bond acceptors (Lipinski definition) is 3. The second-order valence-corrected chi connectivity index (χ2v) is 5.32. The average Bonchev–Trinajstić information content (AvgIpc) is 1.94. The van der Waals surface area contributed by atoms with Crippen LogP contribution in [0.1, 0.15) is 5.56 Å². The van der Waals surface area contributed by atoms with Crippen molar-refractivity contribution in [1.82, 2.24) is 0 Å². The quantitative estimate of drug-likeness (QED) is 0.731. The number of benzene rings is 1. The predicted octanol–water partition coefficient (Wildman–Crippen LogP) is 1.63. The van der Waals surface area contributed by atoms with Gasteiger partial charge in [0.1, 0.15) is 0 Å². The van der Waals surface area contributed by atoms with Crippen molar-refractivity contribution < 1.29 is 8.42 Å². The zero-order valence-corrected chi connectivity index (χ0v) is 8.91. The van der Waals surface area contributed by atoms with Crippen molar-refractivity contribution in [1.29, 1.82) is 0 Å². The SMILES string of the molecule is Cc1cc(Cl)c(N)c(S(C)(=O)=O)c1. The Morgan fingerprint density at radius 3 is 2.38 bits per heavy atom. The Morgan fingerprint density at radius 2 is 1.92 bits per heavy atom. The number of rotatable bonds is 1. The molecule has 0 bridgehead atoms. The topological polar surface area (TPSA) is 60.2 Å². The lowest BCUT2D eigenvalue weighted by Gasteiger charge is -2.06. The van der Waals surface area contributed by atoms with Crippen LogP contribution in [-0.4, -0.2) is 14.7 Å². The molecule has 1 aromatic carbocycles. The molecule has 0 atom stereocenters. The summed E-state index contributed by atoms with van der Waals surface area (Å²) in [6.07, 6.45) is 1.11. The summed E-state index contributed by atoms with van der Waals surface area (Å²) >= 11 is 5.74. The molecule has 1 aromatic rings. The second kappa shape index (κ2) is 3.20. The average molecular weight is 220 g/mol. The molecule has 0 radical (unpaired) electrons. The van der Waals surface area contributed by atoms with Crippen molar-refractivity contribution >= 4 is 27.1 Å². The van der Waals surface area contributed by atoms with Crippen LogP contribution in [0.2, 0.25) is 5.02 Å². The van der Waals surface area contributed by atoms with Gasteiger partial charge in [-0.15, -0.1) is 0 Å². The molecular formula is C8H10ClNO2S. The Labute approximate surface area is 82.4 Å². The zero-order chi connectivity index (χ0) is 10.2. The van der Waals surface area contributed by atoms with Gasteiger partial charge in [-0.2, -0.15) is 0 Å². The first-order chi connectivity index (χ1) is 5.82. The fraction of sp³-hybridized carbons (Fsp3) is 0.250. The van der Waals surface area contributed by atoms with Gasteiger partial charge < -0.3 is 5.73 Å². The highest BCUT2D eigenvalue weighted by Gasteiger charge is 2.14. The van der Waals surface area contributed by atoms with Crippen molar-refractivity contribution in [3.8, 4) is 0 Å². The van der Waals surface area contributed by atoms with Crippen LogP contribution in [0.15, 0.2) is 17.0 Å². The molecule has 0 aliphatic rings. The fourth-order valence-corrected chi connectivity index (χ4v) is 2.27. The van der Waals surface area contributed by atoms with Gasteiger partial charge in [-0.3, -0.25) is 0 Å². The van der Waals surface area contributed by atoms with E-state index in [-0.39, 0.29) is 15.6 Å². The Morgan fingerprint density at radius 1 is 1.38 bits per heavy atom. The van der Waals surface area contributed by atoms with Gasteiger partial charge in [0.25, 0.3) is 0 Å². The van der Waals surface area contributed by atoms with Gasteiger partial charge in [-0.1, -0.05) is 11.6 Å². The Hall–Kier alpha value is -0.740. The molecule has 5 heteroatoms. The predicted molar refractivity (Wildman–Crippen MR) is 53.7 cm³/mol. The number of anilines is 1. The van der Waals surface area contributed by atoms with Crippen LogP contribution in [-0.2, 0) is 9.84 Å². The standard InChI is InChI=1S/C8H10ClNO2S/c1-5-3-6(9)8(10)7(4-5)13(2,11)12/h3-4H,10H2,1-2H3. The molecule has 0 saturated heterocycles. The Kier molecular flexibility index (Phi) is 2.54. The molecule has 1 rings (SSSR count). The highest BCUT2D eigenvalue weighted by atomic mass is 35.5. The third kappa shape index (κ3) is 2.14. The molecule has 0 unspecified atom stereocenters. The molecule has 0 spiro atoms. The van der Waals surface area contributed by atoms with E-state index >= 15 is 0 Å². The van der Waals surface area contributed by atoms with Gasteiger partial charge in [0.05, 0.1) is 15.6 Å². The minimum Gasteiger partial charge on any atom is -0.396 e. The van der Waals surface area contributed by atoms with E-state index in [4.69, 9.17) is 17.3 Å². The van der Waals surface area contributed by atoms with E-state index in [1.807, 2.05) is 0 Å². The minimum atomic E-state index is -3.29. The van der Waals surface area contributed by atoms with E-state index < -0.39 is 9.84 Å². The van der Waals surface area contributed by atoms with Crippen molar-refractivity contribution in [2.24, 2.45) is 0 Å². The second-order valence-electron chi connectivity index (χ2n) is 2.93. The number of nitrogens with two attached hydrogens (primary N) is 1. The maximum Gasteiger partial charge on any atom is 0.177 e. The smallest absolute Gasteiger partial charge is 0.177 e. The van der Waals surface area contributed by atoms with Crippen LogP contribution in [0.25, 0.3) is 0 Å². The first-order valence-electron chi connectivity index (χ1n) is 3.58. The lowest BCUT2D eigenvalue weighted by Crippen LogP contribution is -2.03. The van der Waals surface area contributed by atoms with Crippen LogP contribution in [0.3, 0.4) is 0 Å². The lowest BCUT2D eigenvalue weighted by molar-refractivity contribution is 0.602. The highest BCUT2D eigenvalue weighted by molar-refractivity contribution is 7.90. The van der Waals surface area contributed by atoms with E-state index in [1.54, 1.807) is 13.0 Å². The van der Waals surface area contributed by atoms with Gasteiger partial charge in [0.15, 0.2) is 9.84 Å². The van der Waals surface area contributed by atoms with Crippen molar-refractivity contribution in [3.63, 3.8) is 0 Å². The highest BCUT2D eigenvalue weighted by Crippen LogP contribution is 2.27. The molecule has 2 N–H and O–H groups in total. The van der Waals surface area contributed by atoms with Crippen LogP contribution in [0, 0.1) is 6.92 Å². The molecule has 0 aliphatic heterocycles. The molecule has 72 valence electrons. The normalized spacial score (nSPS) is 11.6. The third-order valence-electron chi connectivity index (χ3n) is 1.64. The van der Waals surface area contributed by atoms with Crippen molar-refractivity contribution in [2.75, 3.05) is 12.0 Å². The molecule has 0 heterocycles. The van der Waals surface area contributed by atoms with Gasteiger partial charge in [0, 0.05) is 6.26 Å². The summed E-state index contributed by atoms with van der Waals surface area (Å²) in [5, 5.41) is 0.278. The van der Waals surface area contributed by atoms with E-state index in [1.165, 1.54) is 6.07 Å². The van der Waals surface area contributed by atoms with E-state index in [0.717, 1.165) is 11.8 Å². The summed E-state index contributed by atoms with van der Waals surface area (Å²) in [6, 6.07) is 3.14. The minimum absolute atomic E-state index is 0.0949. The summed E-state index contributed by atoms with van der Waals surface area (Å²) in [5.74, 6) is 0. The van der Waals surface area contributed by atoms with Gasteiger partial charge >= 0.3 is 0 Å². The Balaban J connectivity index is 3.56. The first-order valence-corrected chi connectivity index (χ1v) is 5.85. The summed E-state index contributed by atoms with van der Waals surface area (Å²) in [4.78, 5) is 0.0949. The van der Waals surface area contributed by atoms with Crippen molar-refractivity contribution in [2.45, 2.75) is 11.8 Å². The van der Waals surface area contributed by atoms with Gasteiger partial charge in [-0.05, 0) is 24.6 Å². The number of nitrogen functional groups attached to an aromatic ring is 1. The first kappa shape index (κ1) is 10.3. The number of aryl methyl sites for hydroxylation is 1. The summed E-state index contributed by atoms with van der Waals surface area (Å²) < 4.78 is 22.4. The molecule has 0 aromatic heterocycles. The number of sulfone groups is 1. The number of halogens is 1. The van der Waals surface area contributed by atoms with E-state index in [2.05, 4.69) is 0 Å². The van der Waals surface area contributed by atoms with E-state index in [9.17, 15) is 8.42 Å². The third-order valence-corrected chi connectivity index (χ3v) is 3.08.